The van der Waals surface area contributed by atoms with Gasteiger partial charge in [-0.2, -0.15) is 0 Å². The van der Waals surface area contributed by atoms with E-state index in [0.29, 0.717) is 5.06 Å². The second kappa shape index (κ2) is 12.3. The van der Waals surface area contributed by atoms with Crippen molar-refractivity contribution < 1.29 is 38.2 Å². The fourth-order valence-electron chi connectivity index (χ4n) is 4.16. The summed E-state index contributed by atoms with van der Waals surface area (Å²) in [4.78, 5) is 51.3. The molecule has 190 valence electrons. The Labute approximate surface area is 208 Å². The van der Waals surface area contributed by atoms with E-state index in [0.717, 1.165) is 11.1 Å². The molecule has 0 saturated carbocycles. The van der Waals surface area contributed by atoms with Crippen molar-refractivity contribution in [1.29, 1.82) is 0 Å². The molecular formula is C26H28N2O8. The largest absolute Gasteiger partial charge is 0.449 e. The third kappa shape index (κ3) is 6.27. The van der Waals surface area contributed by atoms with Crippen molar-refractivity contribution in [3.63, 3.8) is 0 Å². The molecule has 2 aromatic carbocycles. The molecule has 2 aliphatic rings. The van der Waals surface area contributed by atoms with Crippen molar-refractivity contribution in [2.45, 2.75) is 25.2 Å². The highest BCUT2D eigenvalue weighted by molar-refractivity contribution is 6.01. The van der Waals surface area contributed by atoms with Gasteiger partial charge in [-0.15, -0.1) is 5.06 Å². The number of alkyl carbamates (subject to hydrolysis) is 1. The van der Waals surface area contributed by atoms with Crippen LogP contribution in [-0.2, 0) is 33.4 Å². The van der Waals surface area contributed by atoms with Crippen molar-refractivity contribution in [2.24, 2.45) is 0 Å². The molecule has 10 nitrogen and oxygen atoms in total. The lowest BCUT2D eigenvalue weighted by molar-refractivity contribution is -0.198. The van der Waals surface area contributed by atoms with E-state index in [2.05, 4.69) is 29.6 Å². The van der Waals surface area contributed by atoms with E-state index in [1.54, 1.807) is 0 Å². The quantitative estimate of drug-likeness (QED) is 0.352. The molecule has 2 aromatic rings. The predicted molar refractivity (Wildman–Crippen MR) is 127 cm³/mol. The number of imide groups is 1. The van der Waals surface area contributed by atoms with Gasteiger partial charge in [-0.1, -0.05) is 48.5 Å². The standard InChI is InChI=1S/C26H28N2O8/c29-23-9-10-24(30)28(23)36-25(31)11-13-33-15-16-34-14-12-27-26(32)35-17-22-20-7-3-1-5-18(20)19-6-2-4-8-21(19)22/h1-8,22H,9-17H2,(H,27,32). The highest BCUT2D eigenvalue weighted by Gasteiger charge is 2.32. The van der Waals surface area contributed by atoms with Gasteiger partial charge in [0.15, 0.2) is 0 Å². The Morgan fingerprint density at radius 2 is 1.42 bits per heavy atom. The maximum Gasteiger partial charge on any atom is 0.407 e. The lowest BCUT2D eigenvalue weighted by atomic mass is 9.98. The Balaban J connectivity index is 1.04. The molecule has 0 radical (unpaired) electrons. The summed E-state index contributed by atoms with van der Waals surface area (Å²) in [6, 6.07) is 16.3. The molecule has 1 aliphatic heterocycles. The summed E-state index contributed by atoms with van der Waals surface area (Å²) < 4.78 is 16.1. The zero-order chi connectivity index (χ0) is 25.3. The fraction of sp³-hybridized carbons (Fsp3) is 0.385. The first kappa shape index (κ1) is 25.3. The molecule has 1 fully saturated rings. The molecule has 4 rings (SSSR count). The van der Waals surface area contributed by atoms with Gasteiger partial charge in [-0.3, -0.25) is 9.59 Å². The van der Waals surface area contributed by atoms with Crippen LogP contribution in [0.15, 0.2) is 48.5 Å². The molecule has 0 aromatic heterocycles. The fourth-order valence-corrected chi connectivity index (χ4v) is 4.16. The average molecular weight is 497 g/mol. The molecule has 0 atom stereocenters. The van der Waals surface area contributed by atoms with Crippen LogP contribution in [0.3, 0.4) is 0 Å². The molecule has 0 bridgehead atoms. The summed E-state index contributed by atoms with van der Waals surface area (Å²) in [5, 5.41) is 3.17. The Kier molecular flexibility index (Phi) is 8.64. The number of benzene rings is 2. The number of carbonyl (C=O) groups is 4. The first-order chi connectivity index (χ1) is 17.5. The lowest BCUT2D eigenvalue weighted by Crippen LogP contribution is -2.32. The number of hydroxylamine groups is 2. The highest BCUT2D eigenvalue weighted by Crippen LogP contribution is 2.44. The van der Waals surface area contributed by atoms with Gasteiger partial charge in [0, 0.05) is 25.3 Å². The molecule has 1 aliphatic carbocycles. The molecule has 10 heteroatoms. The SMILES string of the molecule is O=C(CCOCCOCCNC(=O)OCC1c2ccccc2-c2ccccc21)ON1C(=O)CCC1=O. The Morgan fingerprint density at radius 3 is 2.06 bits per heavy atom. The minimum atomic E-state index is -0.716. The zero-order valence-corrected chi connectivity index (χ0v) is 19.8. The van der Waals surface area contributed by atoms with E-state index >= 15 is 0 Å². The Bertz CT molecular complexity index is 1060. The highest BCUT2D eigenvalue weighted by atomic mass is 16.7. The molecule has 36 heavy (non-hydrogen) atoms. The predicted octanol–water partition coefficient (Wildman–Crippen LogP) is 2.56. The topological polar surface area (TPSA) is 120 Å². The van der Waals surface area contributed by atoms with Crippen LogP contribution >= 0.6 is 0 Å². The van der Waals surface area contributed by atoms with E-state index in [4.69, 9.17) is 19.0 Å². The molecule has 0 unspecified atom stereocenters. The van der Waals surface area contributed by atoms with Crippen LogP contribution in [0.25, 0.3) is 11.1 Å². The van der Waals surface area contributed by atoms with Crippen molar-refractivity contribution in [2.75, 3.05) is 39.6 Å². The van der Waals surface area contributed by atoms with Crippen LogP contribution in [-0.4, -0.2) is 68.5 Å². The third-order valence-corrected chi connectivity index (χ3v) is 5.88. The van der Waals surface area contributed by atoms with Gasteiger partial charge >= 0.3 is 12.1 Å². The number of ether oxygens (including phenoxy) is 3. The van der Waals surface area contributed by atoms with E-state index in [9.17, 15) is 19.2 Å². The van der Waals surface area contributed by atoms with Crippen LogP contribution in [0, 0.1) is 0 Å². The van der Waals surface area contributed by atoms with E-state index in [-0.39, 0.29) is 64.8 Å². The second-order valence-electron chi connectivity index (χ2n) is 8.27. The summed E-state index contributed by atoms with van der Waals surface area (Å²) in [5.41, 5.74) is 4.65. The maximum atomic E-state index is 12.1. The van der Waals surface area contributed by atoms with Crippen LogP contribution in [0.2, 0.25) is 0 Å². The number of hydrogen-bond acceptors (Lipinski definition) is 8. The first-order valence-corrected chi connectivity index (χ1v) is 11.9. The normalized spacial score (nSPS) is 14.5. The number of rotatable bonds is 12. The number of nitrogens with one attached hydrogen (secondary N) is 1. The summed E-state index contributed by atoms with van der Waals surface area (Å²) in [6.07, 6.45) is -0.503. The van der Waals surface area contributed by atoms with Gasteiger partial charge in [-0.25, -0.2) is 9.59 Å². The summed E-state index contributed by atoms with van der Waals surface area (Å²) >= 11 is 0. The Morgan fingerprint density at radius 1 is 0.833 bits per heavy atom. The number of carbonyl (C=O) groups excluding carboxylic acids is 4. The summed E-state index contributed by atoms with van der Waals surface area (Å²) in [6.45, 7) is 1.37. The van der Waals surface area contributed by atoms with Crippen molar-refractivity contribution in [3.05, 3.63) is 59.7 Å². The van der Waals surface area contributed by atoms with E-state index in [1.165, 1.54) is 11.1 Å². The number of fused-ring (bicyclic) bond motifs is 3. The van der Waals surface area contributed by atoms with Gasteiger partial charge in [0.05, 0.1) is 32.8 Å². The number of amides is 3. The third-order valence-electron chi connectivity index (χ3n) is 5.88. The molecule has 1 N–H and O–H groups in total. The van der Waals surface area contributed by atoms with Crippen LogP contribution in [0.1, 0.15) is 36.3 Å². The molecule has 3 amide bonds. The molecule has 1 saturated heterocycles. The van der Waals surface area contributed by atoms with E-state index < -0.39 is 23.9 Å². The first-order valence-electron chi connectivity index (χ1n) is 11.9. The van der Waals surface area contributed by atoms with E-state index in [1.807, 2.05) is 24.3 Å². The van der Waals surface area contributed by atoms with Gasteiger partial charge < -0.3 is 24.4 Å². The zero-order valence-electron chi connectivity index (χ0n) is 19.8. The minimum Gasteiger partial charge on any atom is -0.449 e. The van der Waals surface area contributed by atoms with Crippen LogP contribution in [0.5, 0.6) is 0 Å². The van der Waals surface area contributed by atoms with Crippen LogP contribution in [0.4, 0.5) is 4.79 Å². The smallest absolute Gasteiger partial charge is 0.407 e. The molecular weight excluding hydrogens is 468 g/mol. The monoisotopic (exact) mass is 496 g/mol. The van der Waals surface area contributed by atoms with Crippen molar-refractivity contribution >= 4 is 23.9 Å². The van der Waals surface area contributed by atoms with Gasteiger partial charge in [0.25, 0.3) is 11.8 Å². The summed E-state index contributed by atoms with van der Waals surface area (Å²) in [7, 11) is 0. The average Bonchev–Trinajstić information content (AvgIpc) is 3.38. The van der Waals surface area contributed by atoms with Gasteiger partial charge in [0.1, 0.15) is 6.61 Å². The van der Waals surface area contributed by atoms with Crippen molar-refractivity contribution in [1.82, 2.24) is 10.4 Å². The van der Waals surface area contributed by atoms with Gasteiger partial charge in [-0.05, 0) is 22.3 Å². The number of hydrogen-bond donors (Lipinski definition) is 1. The minimum absolute atomic E-state index is 0.00478. The van der Waals surface area contributed by atoms with Crippen molar-refractivity contribution in [3.8, 4) is 11.1 Å². The lowest BCUT2D eigenvalue weighted by Gasteiger charge is -2.14. The molecule has 0 spiro atoms. The van der Waals surface area contributed by atoms with Gasteiger partial charge in [0.2, 0.25) is 0 Å². The number of nitrogens with zero attached hydrogens (tertiary/aromatic N) is 1. The Hall–Kier alpha value is -3.76. The molecule has 1 heterocycles. The van der Waals surface area contributed by atoms with Crippen LogP contribution < -0.4 is 5.32 Å². The summed E-state index contributed by atoms with van der Waals surface area (Å²) in [5.74, 6) is -1.75. The second-order valence-corrected chi connectivity index (χ2v) is 8.27. The maximum absolute atomic E-state index is 12.1.